The summed E-state index contributed by atoms with van der Waals surface area (Å²) in [6, 6.07) is 15.9. The van der Waals surface area contributed by atoms with Crippen LogP contribution in [0.5, 0.6) is 0 Å². The molecule has 0 aliphatic heterocycles. The van der Waals surface area contributed by atoms with Crippen LogP contribution in [-0.4, -0.2) is 66.8 Å². The van der Waals surface area contributed by atoms with Gasteiger partial charge in [0, 0.05) is 31.6 Å². The van der Waals surface area contributed by atoms with Gasteiger partial charge in [-0.3, -0.25) is 24.0 Å². The lowest BCUT2D eigenvalue weighted by Gasteiger charge is -2.14. The van der Waals surface area contributed by atoms with Crippen molar-refractivity contribution in [2.24, 2.45) is 0 Å². The number of hydrogen-bond acceptors (Lipinski definition) is 7. The maximum atomic E-state index is 12.2. The van der Waals surface area contributed by atoms with E-state index in [2.05, 4.69) is 16.0 Å². The summed E-state index contributed by atoms with van der Waals surface area (Å²) in [5, 5.41) is 15.4. The predicted octanol–water partition coefficient (Wildman–Crippen LogP) is 1.54. The number of carboxylic acids is 1. The second kappa shape index (κ2) is 13.7. The third-order valence-corrected chi connectivity index (χ3v) is 5.95. The predicted molar refractivity (Wildman–Crippen MR) is 135 cm³/mol. The Balaban J connectivity index is 1.30. The van der Waals surface area contributed by atoms with E-state index < -0.39 is 36.2 Å². The smallest absolute Gasteiger partial charge is 0.407 e. The van der Waals surface area contributed by atoms with Gasteiger partial charge in [-0.25, -0.2) is 4.79 Å². The van der Waals surface area contributed by atoms with E-state index >= 15 is 0 Å². The lowest BCUT2D eigenvalue weighted by atomic mass is 9.98. The molecule has 1 aliphatic rings. The number of rotatable bonds is 14. The van der Waals surface area contributed by atoms with Gasteiger partial charge in [0.05, 0.1) is 13.1 Å². The van der Waals surface area contributed by atoms with Crippen LogP contribution < -0.4 is 16.0 Å². The molecule has 4 N–H and O–H groups in total. The molecule has 0 radical (unpaired) electrons. The van der Waals surface area contributed by atoms with Crippen molar-refractivity contribution in [3.05, 3.63) is 59.7 Å². The van der Waals surface area contributed by atoms with Gasteiger partial charge in [0.15, 0.2) is 11.6 Å². The number of carbonyl (C=O) groups excluding carboxylic acids is 5. The van der Waals surface area contributed by atoms with Crippen molar-refractivity contribution >= 4 is 35.4 Å². The van der Waals surface area contributed by atoms with Gasteiger partial charge in [0.1, 0.15) is 13.2 Å². The number of ether oxygens (including phenoxy) is 1. The molecule has 38 heavy (non-hydrogen) atoms. The van der Waals surface area contributed by atoms with Crippen LogP contribution in [0.2, 0.25) is 0 Å². The monoisotopic (exact) mass is 523 g/mol. The average molecular weight is 524 g/mol. The fourth-order valence-corrected chi connectivity index (χ4v) is 4.05. The third kappa shape index (κ3) is 8.26. The van der Waals surface area contributed by atoms with Gasteiger partial charge in [0.25, 0.3) is 0 Å². The van der Waals surface area contributed by atoms with Gasteiger partial charge in [-0.1, -0.05) is 48.5 Å². The largest absolute Gasteiger partial charge is 0.480 e. The van der Waals surface area contributed by atoms with Crippen molar-refractivity contribution in [3.63, 3.8) is 0 Å². The summed E-state index contributed by atoms with van der Waals surface area (Å²) in [5.41, 5.74) is 4.36. The first-order valence-corrected chi connectivity index (χ1v) is 12.1. The second-order valence-electron chi connectivity index (χ2n) is 8.70. The van der Waals surface area contributed by atoms with E-state index in [9.17, 15) is 28.8 Å². The highest BCUT2D eigenvalue weighted by atomic mass is 16.5. The highest BCUT2D eigenvalue weighted by molar-refractivity contribution is 5.91. The summed E-state index contributed by atoms with van der Waals surface area (Å²) in [7, 11) is 0. The van der Waals surface area contributed by atoms with Crippen LogP contribution in [0.1, 0.15) is 42.7 Å². The lowest BCUT2D eigenvalue weighted by molar-refractivity contribution is -0.138. The number of benzene rings is 2. The van der Waals surface area contributed by atoms with Gasteiger partial charge in [-0.15, -0.1) is 0 Å². The fourth-order valence-electron chi connectivity index (χ4n) is 4.05. The molecule has 3 rings (SSSR count). The van der Waals surface area contributed by atoms with E-state index in [-0.39, 0.29) is 57.1 Å². The molecule has 0 fully saturated rings. The van der Waals surface area contributed by atoms with E-state index in [0.29, 0.717) is 0 Å². The maximum absolute atomic E-state index is 12.2. The topological polar surface area (TPSA) is 168 Å². The number of amides is 3. The SMILES string of the molecule is O=C(O)CNC(=O)CCC(=O)CNC(=O)CCC(=O)CNC(=O)OCC1c2ccccc2-c2ccccc21. The van der Waals surface area contributed by atoms with Crippen molar-refractivity contribution in [1.29, 1.82) is 0 Å². The Bertz CT molecular complexity index is 1180. The van der Waals surface area contributed by atoms with Crippen LogP contribution in [-0.2, 0) is 28.7 Å². The Kier molecular flexibility index (Phi) is 10.1. The molecule has 0 saturated carbocycles. The first-order chi connectivity index (χ1) is 18.2. The number of carboxylic acid groups (broad SMARTS) is 1. The van der Waals surface area contributed by atoms with Gasteiger partial charge < -0.3 is 25.8 Å². The Labute approximate surface area is 218 Å². The summed E-state index contributed by atoms with van der Waals surface area (Å²) in [6.45, 7) is -1.02. The molecule has 11 nitrogen and oxygen atoms in total. The van der Waals surface area contributed by atoms with Crippen molar-refractivity contribution < 1.29 is 38.6 Å². The van der Waals surface area contributed by atoms with Crippen LogP contribution in [0, 0.1) is 0 Å². The lowest BCUT2D eigenvalue weighted by Crippen LogP contribution is -2.33. The highest BCUT2D eigenvalue weighted by Crippen LogP contribution is 2.44. The third-order valence-electron chi connectivity index (χ3n) is 5.95. The van der Waals surface area contributed by atoms with Crippen molar-refractivity contribution in [2.45, 2.75) is 31.6 Å². The molecular formula is C27H29N3O8. The molecule has 0 bridgehead atoms. The maximum Gasteiger partial charge on any atom is 0.407 e. The molecule has 0 spiro atoms. The highest BCUT2D eigenvalue weighted by Gasteiger charge is 2.29. The zero-order chi connectivity index (χ0) is 27.5. The standard InChI is InChI=1S/C27H29N3O8/c31-17(9-12-25(34)29-15-26(35)36)13-28-24(33)11-10-18(32)14-30-27(37)38-16-23-21-7-3-1-5-19(21)20-6-2-4-8-22(20)23/h1-8,23H,9-16H2,(H,28,33)(H,29,34)(H,30,37)(H,35,36). The summed E-state index contributed by atoms with van der Waals surface area (Å²) < 4.78 is 5.37. The van der Waals surface area contributed by atoms with Crippen molar-refractivity contribution in [2.75, 3.05) is 26.2 Å². The fraction of sp³-hybridized carbons (Fsp3) is 0.333. The van der Waals surface area contributed by atoms with E-state index in [1.807, 2.05) is 48.5 Å². The van der Waals surface area contributed by atoms with Gasteiger partial charge in [-0.05, 0) is 22.3 Å². The van der Waals surface area contributed by atoms with Gasteiger partial charge in [-0.2, -0.15) is 0 Å². The molecule has 0 aromatic heterocycles. The summed E-state index contributed by atoms with van der Waals surface area (Å²) in [6.07, 6.45) is -1.39. The Morgan fingerprint density at radius 3 is 1.66 bits per heavy atom. The van der Waals surface area contributed by atoms with Gasteiger partial charge in [0.2, 0.25) is 11.8 Å². The molecule has 11 heteroatoms. The van der Waals surface area contributed by atoms with Crippen LogP contribution in [0.15, 0.2) is 48.5 Å². The minimum absolute atomic E-state index is 0.102. The second-order valence-corrected chi connectivity index (χ2v) is 8.70. The molecule has 2 aromatic rings. The zero-order valence-electron chi connectivity index (χ0n) is 20.7. The summed E-state index contributed by atoms with van der Waals surface area (Å²) in [4.78, 5) is 69.6. The Morgan fingerprint density at radius 1 is 0.658 bits per heavy atom. The normalized spacial score (nSPS) is 11.6. The molecule has 2 aromatic carbocycles. The number of hydrogen-bond donors (Lipinski definition) is 4. The molecule has 0 unspecified atom stereocenters. The number of carbonyl (C=O) groups is 6. The average Bonchev–Trinajstić information content (AvgIpc) is 3.23. The van der Waals surface area contributed by atoms with Crippen molar-refractivity contribution in [1.82, 2.24) is 16.0 Å². The number of nitrogens with one attached hydrogen (secondary N) is 3. The number of fused-ring (bicyclic) bond motifs is 3. The number of ketones is 2. The van der Waals surface area contributed by atoms with Crippen LogP contribution in [0.4, 0.5) is 4.79 Å². The number of alkyl carbamates (subject to hydrolysis) is 1. The van der Waals surface area contributed by atoms with Crippen LogP contribution >= 0.6 is 0 Å². The molecule has 0 saturated heterocycles. The molecule has 1 aliphatic carbocycles. The van der Waals surface area contributed by atoms with E-state index in [1.54, 1.807) is 0 Å². The van der Waals surface area contributed by atoms with E-state index in [1.165, 1.54) is 0 Å². The van der Waals surface area contributed by atoms with Crippen LogP contribution in [0.3, 0.4) is 0 Å². The Morgan fingerprint density at radius 2 is 1.13 bits per heavy atom. The zero-order valence-corrected chi connectivity index (χ0v) is 20.7. The van der Waals surface area contributed by atoms with Gasteiger partial charge >= 0.3 is 12.1 Å². The minimum Gasteiger partial charge on any atom is -0.480 e. The number of Topliss-reactive ketones (excluding diaryl/α,β-unsaturated/α-hetero) is 2. The Hall–Kier alpha value is -4.54. The molecule has 0 heterocycles. The minimum atomic E-state index is -1.19. The molecular weight excluding hydrogens is 494 g/mol. The summed E-state index contributed by atoms with van der Waals surface area (Å²) >= 11 is 0. The van der Waals surface area contributed by atoms with Crippen molar-refractivity contribution in [3.8, 4) is 11.1 Å². The van der Waals surface area contributed by atoms with E-state index in [4.69, 9.17) is 9.84 Å². The summed E-state index contributed by atoms with van der Waals surface area (Å²) in [5.74, 6) is -3.19. The quantitative estimate of drug-likeness (QED) is 0.289. The molecule has 200 valence electrons. The first kappa shape index (κ1) is 28.0. The number of aliphatic carboxylic acids is 1. The first-order valence-electron chi connectivity index (χ1n) is 12.1. The molecule has 0 atom stereocenters. The van der Waals surface area contributed by atoms with E-state index in [0.717, 1.165) is 22.3 Å². The molecule has 3 amide bonds. The van der Waals surface area contributed by atoms with Crippen LogP contribution in [0.25, 0.3) is 11.1 Å².